The molecule has 8 heteroatoms. The SMILES string of the molecule is CCOC(=O)C[C@H](CC(=O)C(CC(C)C)n1cc(CCN2CC(OC)C2)c(C)cc1=O)c1cc(-c2c(C)cccc2C)cc(C)c1F. The number of hydrogen-bond donors (Lipinski definition) is 0. The van der Waals surface area contributed by atoms with Crippen LogP contribution in [0.5, 0.6) is 0 Å². The van der Waals surface area contributed by atoms with Gasteiger partial charge in [0.25, 0.3) is 5.56 Å². The minimum absolute atomic E-state index is 0.107. The van der Waals surface area contributed by atoms with Crippen LogP contribution < -0.4 is 5.56 Å². The summed E-state index contributed by atoms with van der Waals surface area (Å²) in [7, 11) is 1.72. The number of aromatic nitrogens is 1. The molecule has 0 spiro atoms. The van der Waals surface area contributed by atoms with E-state index in [1.54, 1.807) is 37.7 Å². The number of esters is 1. The van der Waals surface area contributed by atoms with Crippen LogP contribution in [-0.4, -0.2) is 60.7 Å². The molecule has 2 aromatic carbocycles. The van der Waals surface area contributed by atoms with Crippen molar-refractivity contribution in [2.24, 2.45) is 5.92 Å². The number of likely N-dealkylation sites (tertiary alicyclic amines) is 1. The van der Waals surface area contributed by atoms with Crippen LogP contribution in [0.15, 0.2) is 47.4 Å². The van der Waals surface area contributed by atoms with E-state index >= 15 is 4.39 Å². The summed E-state index contributed by atoms with van der Waals surface area (Å²) in [4.78, 5) is 43.0. The van der Waals surface area contributed by atoms with Gasteiger partial charge in [-0.3, -0.25) is 19.3 Å². The highest BCUT2D eigenvalue weighted by molar-refractivity contribution is 5.84. The molecule has 2 heterocycles. The van der Waals surface area contributed by atoms with Gasteiger partial charge in [-0.2, -0.15) is 0 Å². The zero-order valence-electron chi connectivity index (χ0n) is 29.3. The Hall–Kier alpha value is -3.62. The zero-order valence-corrected chi connectivity index (χ0v) is 29.3. The Morgan fingerprint density at radius 2 is 1.66 bits per heavy atom. The molecule has 4 rings (SSSR count). The summed E-state index contributed by atoms with van der Waals surface area (Å²) < 4.78 is 28.3. The molecule has 0 aliphatic carbocycles. The van der Waals surface area contributed by atoms with Crippen molar-refractivity contribution in [3.05, 3.63) is 92.1 Å². The third-order valence-corrected chi connectivity index (χ3v) is 9.41. The van der Waals surface area contributed by atoms with E-state index < -0.39 is 23.7 Å². The first-order valence-electron chi connectivity index (χ1n) is 16.8. The summed E-state index contributed by atoms with van der Waals surface area (Å²) in [5.41, 5.74) is 6.38. The summed E-state index contributed by atoms with van der Waals surface area (Å²) in [6.45, 7) is 16.2. The Balaban J connectivity index is 1.71. The number of ketones is 1. The Kier molecular flexibility index (Phi) is 12.3. The highest BCUT2D eigenvalue weighted by Crippen LogP contribution is 2.36. The second-order valence-electron chi connectivity index (χ2n) is 13.6. The van der Waals surface area contributed by atoms with Crippen LogP contribution in [0.25, 0.3) is 11.1 Å². The fraction of sp³-hybridized carbons (Fsp3) is 0.513. The van der Waals surface area contributed by atoms with E-state index in [4.69, 9.17) is 9.47 Å². The van der Waals surface area contributed by atoms with Gasteiger partial charge >= 0.3 is 5.97 Å². The largest absolute Gasteiger partial charge is 0.466 e. The van der Waals surface area contributed by atoms with Crippen molar-refractivity contribution < 1.29 is 23.5 Å². The first-order chi connectivity index (χ1) is 22.3. The highest BCUT2D eigenvalue weighted by Gasteiger charge is 2.31. The number of Topliss-reactive ketones (excluding diaryl/α,β-unsaturated/α-hetero) is 1. The minimum Gasteiger partial charge on any atom is -0.466 e. The Morgan fingerprint density at radius 3 is 2.28 bits per heavy atom. The lowest BCUT2D eigenvalue weighted by atomic mass is 9.84. The van der Waals surface area contributed by atoms with Gasteiger partial charge in [0.05, 0.1) is 25.2 Å². The quantitative estimate of drug-likeness (QED) is 0.165. The van der Waals surface area contributed by atoms with Gasteiger partial charge in [-0.25, -0.2) is 4.39 Å². The summed E-state index contributed by atoms with van der Waals surface area (Å²) in [5, 5.41) is 0. The Labute approximate surface area is 279 Å². The third kappa shape index (κ3) is 8.85. The average molecular weight is 647 g/mol. The number of halogens is 1. The number of aryl methyl sites for hydroxylation is 4. The van der Waals surface area contributed by atoms with Crippen LogP contribution in [-0.2, 0) is 25.5 Å². The third-order valence-electron chi connectivity index (χ3n) is 9.41. The van der Waals surface area contributed by atoms with Crippen molar-refractivity contribution >= 4 is 11.8 Å². The molecule has 1 aliphatic rings. The molecular formula is C39H51FN2O5. The standard InChI is InChI=1S/C39H51FN2O5/c1-9-47-37(45)20-30(33-18-31(16-28(7)39(33)40)38-25(4)11-10-12-26(38)5)19-35(43)34(15-24(2)3)42-21-29(27(6)17-36(42)44)13-14-41-22-32(23-41)46-8/h10-12,16-18,21,24,30,32,34H,9,13-15,19-20,22-23H2,1-8H3/t30-,34?/m0/s1. The van der Waals surface area contributed by atoms with E-state index in [2.05, 4.69) is 4.90 Å². The van der Waals surface area contributed by atoms with E-state index in [0.717, 1.165) is 59.4 Å². The molecule has 2 atom stereocenters. The van der Waals surface area contributed by atoms with Crippen molar-refractivity contribution in [2.75, 3.05) is 33.4 Å². The number of methoxy groups -OCH3 is 1. The van der Waals surface area contributed by atoms with Crippen molar-refractivity contribution in [3.8, 4) is 11.1 Å². The monoisotopic (exact) mass is 646 g/mol. The van der Waals surface area contributed by atoms with Gasteiger partial charge in [-0.1, -0.05) is 32.0 Å². The average Bonchev–Trinajstić information content (AvgIpc) is 2.97. The summed E-state index contributed by atoms with van der Waals surface area (Å²) >= 11 is 0. The Morgan fingerprint density at radius 1 is 0.979 bits per heavy atom. The van der Waals surface area contributed by atoms with Crippen LogP contribution in [0.4, 0.5) is 4.39 Å². The fourth-order valence-electron chi connectivity index (χ4n) is 6.77. The van der Waals surface area contributed by atoms with Crippen LogP contribution >= 0.6 is 0 Å². The molecule has 7 nitrogen and oxygen atoms in total. The van der Waals surface area contributed by atoms with Crippen LogP contribution in [0.2, 0.25) is 0 Å². The molecule has 1 fully saturated rings. The molecule has 0 bridgehead atoms. The first kappa shape index (κ1) is 36.2. The number of ether oxygens (including phenoxy) is 2. The maximum Gasteiger partial charge on any atom is 0.306 e. The van der Waals surface area contributed by atoms with Gasteiger partial charge in [-0.15, -0.1) is 0 Å². The molecule has 3 aromatic rings. The van der Waals surface area contributed by atoms with E-state index in [0.29, 0.717) is 17.5 Å². The van der Waals surface area contributed by atoms with Gasteiger partial charge in [0.2, 0.25) is 0 Å². The van der Waals surface area contributed by atoms with Crippen molar-refractivity contribution in [1.29, 1.82) is 0 Å². The smallest absolute Gasteiger partial charge is 0.306 e. The van der Waals surface area contributed by atoms with E-state index in [1.165, 1.54) is 0 Å². The van der Waals surface area contributed by atoms with Gasteiger partial charge in [0.15, 0.2) is 5.78 Å². The predicted octanol–water partition coefficient (Wildman–Crippen LogP) is 7.04. The molecule has 1 aromatic heterocycles. The number of rotatable bonds is 15. The van der Waals surface area contributed by atoms with Gasteiger partial charge in [0.1, 0.15) is 5.82 Å². The van der Waals surface area contributed by atoms with Crippen LogP contribution in [0, 0.1) is 39.4 Å². The lowest BCUT2D eigenvalue weighted by Crippen LogP contribution is -2.52. The van der Waals surface area contributed by atoms with Gasteiger partial charge in [-0.05, 0) is 110 Å². The van der Waals surface area contributed by atoms with Crippen molar-refractivity contribution in [3.63, 3.8) is 0 Å². The lowest BCUT2D eigenvalue weighted by molar-refractivity contribution is -0.143. The van der Waals surface area contributed by atoms with Gasteiger partial charge in [0, 0.05) is 51.3 Å². The number of carbonyl (C=O) groups excluding carboxylic acids is 2. The summed E-state index contributed by atoms with van der Waals surface area (Å²) in [6, 6.07) is 10.5. The first-order valence-corrected chi connectivity index (χ1v) is 16.8. The molecular weight excluding hydrogens is 595 g/mol. The molecule has 1 unspecified atom stereocenters. The highest BCUT2D eigenvalue weighted by atomic mass is 19.1. The topological polar surface area (TPSA) is 77.8 Å². The zero-order chi connectivity index (χ0) is 34.4. The molecule has 0 N–H and O–H groups in total. The maximum atomic E-state index is 16.0. The second kappa shape index (κ2) is 16.0. The Bertz CT molecular complexity index is 1620. The van der Waals surface area contributed by atoms with Crippen molar-refractivity contribution in [2.45, 2.75) is 92.2 Å². The fourth-order valence-corrected chi connectivity index (χ4v) is 6.77. The second-order valence-corrected chi connectivity index (χ2v) is 13.6. The van der Waals surface area contributed by atoms with Crippen LogP contribution in [0.1, 0.15) is 85.4 Å². The molecule has 0 saturated carbocycles. The molecule has 254 valence electrons. The normalized spacial score (nSPS) is 15.0. The molecule has 0 radical (unpaired) electrons. The minimum atomic E-state index is -0.764. The van der Waals surface area contributed by atoms with Crippen molar-refractivity contribution in [1.82, 2.24) is 9.47 Å². The summed E-state index contributed by atoms with van der Waals surface area (Å²) in [6.07, 6.45) is 3.03. The number of benzene rings is 2. The van der Waals surface area contributed by atoms with E-state index in [-0.39, 0.29) is 42.8 Å². The number of carbonyl (C=O) groups is 2. The van der Waals surface area contributed by atoms with Crippen LogP contribution in [0.3, 0.4) is 0 Å². The number of nitrogens with zero attached hydrogens (tertiary/aromatic N) is 2. The van der Waals surface area contributed by atoms with E-state index in [9.17, 15) is 14.4 Å². The summed E-state index contributed by atoms with van der Waals surface area (Å²) in [5.74, 6) is -1.77. The maximum absolute atomic E-state index is 16.0. The van der Waals surface area contributed by atoms with Gasteiger partial charge < -0.3 is 14.0 Å². The molecule has 1 saturated heterocycles. The lowest BCUT2D eigenvalue weighted by Gasteiger charge is -2.38. The number of pyridine rings is 1. The molecule has 1 aliphatic heterocycles. The predicted molar refractivity (Wildman–Crippen MR) is 185 cm³/mol. The van der Waals surface area contributed by atoms with E-state index in [1.807, 2.05) is 65.1 Å². The molecule has 47 heavy (non-hydrogen) atoms. The number of hydrogen-bond acceptors (Lipinski definition) is 6. The molecule has 0 amide bonds.